The minimum Gasteiger partial charge on any atom is -0.489 e. The molecule has 5 unspecified atom stereocenters. The number of aliphatic hydroxyl groups excluding tert-OH is 2. The minimum atomic E-state index is -0.790. The lowest BCUT2D eigenvalue weighted by atomic mass is 9.86. The van der Waals surface area contributed by atoms with Crippen molar-refractivity contribution in [2.75, 3.05) is 0 Å². The molecule has 1 heterocycles. The number of carbonyl (C=O) groups is 1. The van der Waals surface area contributed by atoms with Crippen LogP contribution in [0.15, 0.2) is 30.4 Å². The molecule has 3 N–H and O–H groups in total. The molecule has 5 nitrogen and oxygen atoms in total. The van der Waals surface area contributed by atoms with Crippen LogP contribution in [0, 0.1) is 23.7 Å². The number of ether oxygens (including phenoxy) is 1. The van der Waals surface area contributed by atoms with Gasteiger partial charge >= 0.3 is 5.97 Å². The van der Waals surface area contributed by atoms with Crippen LogP contribution in [-0.4, -0.2) is 39.6 Å². The Labute approximate surface area is 172 Å². The second-order valence-electron chi connectivity index (χ2n) is 8.13. The normalized spacial score (nSPS) is 26.9. The van der Waals surface area contributed by atoms with Gasteiger partial charge in [-0.05, 0) is 31.2 Å². The summed E-state index contributed by atoms with van der Waals surface area (Å²) in [4.78, 5) is 10.8. The molecule has 6 atom stereocenters. The Morgan fingerprint density at radius 3 is 2.93 bits per heavy atom. The fourth-order valence-electron chi connectivity index (χ4n) is 4.41. The van der Waals surface area contributed by atoms with Gasteiger partial charge in [-0.3, -0.25) is 4.79 Å². The average molecular weight is 398 g/mol. The third kappa shape index (κ3) is 4.83. The fraction of sp³-hybridized carbons (Fsp3) is 0.542. The number of rotatable bonds is 8. The molecule has 1 aromatic carbocycles. The number of carboxylic acid groups (broad SMARTS) is 1. The van der Waals surface area contributed by atoms with Gasteiger partial charge in [-0.2, -0.15) is 0 Å². The van der Waals surface area contributed by atoms with Crippen molar-refractivity contribution in [2.24, 2.45) is 11.8 Å². The number of aryl methyl sites for hydroxylation is 1. The highest BCUT2D eigenvalue weighted by atomic mass is 16.5. The molecule has 1 aliphatic heterocycles. The lowest BCUT2D eigenvalue weighted by Crippen LogP contribution is -2.19. The largest absolute Gasteiger partial charge is 0.489 e. The van der Waals surface area contributed by atoms with Gasteiger partial charge in [0.1, 0.15) is 11.9 Å². The molecule has 29 heavy (non-hydrogen) atoms. The molecule has 5 heteroatoms. The predicted octanol–water partition coefficient (Wildman–Crippen LogP) is 3.29. The number of aliphatic hydroxyl groups is 2. The van der Waals surface area contributed by atoms with Crippen molar-refractivity contribution in [2.45, 2.75) is 70.2 Å². The van der Waals surface area contributed by atoms with Gasteiger partial charge in [0.05, 0.1) is 12.2 Å². The molecule has 0 radical (unpaired) electrons. The second-order valence-corrected chi connectivity index (χ2v) is 8.13. The van der Waals surface area contributed by atoms with Crippen LogP contribution in [0.25, 0.3) is 0 Å². The van der Waals surface area contributed by atoms with E-state index in [9.17, 15) is 15.0 Å². The molecule has 2 aliphatic rings. The third-order valence-corrected chi connectivity index (χ3v) is 6.04. The lowest BCUT2D eigenvalue weighted by Gasteiger charge is -2.19. The van der Waals surface area contributed by atoms with Crippen molar-refractivity contribution in [1.29, 1.82) is 0 Å². The number of hydrogen-bond acceptors (Lipinski definition) is 4. The van der Waals surface area contributed by atoms with Crippen molar-refractivity contribution in [3.63, 3.8) is 0 Å². The maximum atomic E-state index is 10.8. The first kappa shape index (κ1) is 21.4. The zero-order valence-electron chi connectivity index (χ0n) is 17.0. The molecule has 1 fully saturated rings. The zero-order valence-corrected chi connectivity index (χ0v) is 17.0. The van der Waals surface area contributed by atoms with E-state index in [1.54, 1.807) is 13.0 Å². The summed E-state index contributed by atoms with van der Waals surface area (Å²) in [7, 11) is 0. The summed E-state index contributed by atoms with van der Waals surface area (Å²) in [5.74, 6) is 5.87. The van der Waals surface area contributed by atoms with Crippen LogP contribution >= 0.6 is 0 Å². The number of benzene rings is 1. The fourth-order valence-corrected chi connectivity index (χ4v) is 4.41. The molecule has 1 aliphatic carbocycles. The summed E-state index contributed by atoms with van der Waals surface area (Å²) >= 11 is 0. The van der Waals surface area contributed by atoms with Crippen LogP contribution in [0.5, 0.6) is 5.75 Å². The number of fused-ring (bicyclic) bond motifs is 3. The molecular weight excluding hydrogens is 368 g/mol. The Morgan fingerprint density at radius 2 is 2.21 bits per heavy atom. The van der Waals surface area contributed by atoms with Gasteiger partial charge < -0.3 is 20.1 Å². The number of para-hydroxylation sites is 1. The smallest absolute Gasteiger partial charge is 0.303 e. The van der Waals surface area contributed by atoms with Crippen molar-refractivity contribution in [3.8, 4) is 17.6 Å². The van der Waals surface area contributed by atoms with Crippen LogP contribution < -0.4 is 4.74 Å². The summed E-state index contributed by atoms with van der Waals surface area (Å²) < 4.78 is 6.21. The molecule has 1 saturated carbocycles. The van der Waals surface area contributed by atoms with Gasteiger partial charge in [0.2, 0.25) is 0 Å². The molecule has 156 valence electrons. The first-order chi connectivity index (χ1) is 13.9. The highest BCUT2D eigenvalue weighted by Gasteiger charge is 2.48. The first-order valence-electron chi connectivity index (χ1n) is 10.4. The Bertz CT molecular complexity index is 818. The second kappa shape index (κ2) is 9.47. The SMILES string of the molecule is CC#CCC(C)[C@H](O)/C=C/C1C(O)CC2Oc3c(CCCC(=O)O)cccc3C21. The van der Waals surface area contributed by atoms with E-state index in [4.69, 9.17) is 9.84 Å². The third-order valence-electron chi connectivity index (χ3n) is 6.04. The molecule has 0 bridgehead atoms. The average Bonchev–Trinajstić information content (AvgIpc) is 3.19. The molecule has 0 spiro atoms. The maximum absolute atomic E-state index is 10.8. The summed E-state index contributed by atoms with van der Waals surface area (Å²) in [6.45, 7) is 3.75. The summed E-state index contributed by atoms with van der Waals surface area (Å²) in [6, 6.07) is 6.01. The van der Waals surface area contributed by atoms with Crippen LogP contribution in [0.3, 0.4) is 0 Å². The molecule has 0 aromatic heterocycles. The van der Waals surface area contributed by atoms with E-state index in [1.807, 2.05) is 31.2 Å². The highest BCUT2D eigenvalue weighted by Crippen LogP contribution is 2.52. The van der Waals surface area contributed by atoms with E-state index in [-0.39, 0.29) is 30.3 Å². The van der Waals surface area contributed by atoms with Gasteiger partial charge in [-0.1, -0.05) is 37.3 Å². The quantitative estimate of drug-likeness (QED) is 0.462. The standard InChI is InChI=1S/C24H30O5/c1-3-4-7-15(2)19(25)13-12-17-20(26)14-21-23(17)18-10-5-8-16(24(18)29-21)9-6-11-22(27)28/h5,8,10,12-13,15,17,19-21,23,25-26H,6-7,9,11,14H2,1-2H3,(H,27,28)/b13-12+/t15?,17?,19-,20?,21?,23?/m1/s1. The van der Waals surface area contributed by atoms with E-state index in [0.717, 1.165) is 16.9 Å². The van der Waals surface area contributed by atoms with Crippen molar-refractivity contribution >= 4 is 5.97 Å². The lowest BCUT2D eigenvalue weighted by molar-refractivity contribution is -0.137. The predicted molar refractivity (Wildman–Crippen MR) is 111 cm³/mol. The summed E-state index contributed by atoms with van der Waals surface area (Å²) in [5.41, 5.74) is 2.11. The highest BCUT2D eigenvalue weighted by molar-refractivity contribution is 5.66. The van der Waals surface area contributed by atoms with Crippen molar-refractivity contribution in [1.82, 2.24) is 0 Å². The van der Waals surface area contributed by atoms with Gasteiger partial charge in [0, 0.05) is 36.7 Å². The molecule has 1 aromatic rings. The Kier molecular flexibility index (Phi) is 7.00. The molecule has 3 rings (SSSR count). The van der Waals surface area contributed by atoms with Crippen LogP contribution in [-0.2, 0) is 11.2 Å². The summed E-state index contributed by atoms with van der Waals surface area (Å²) in [6.07, 6.45) is 5.07. The maximum Gasteiger partial charge on any atom is 0.303 e. The Morgan fingerprint density at radius 1 is 1.41 bits per heavy atom. The van der Waals surface area contributed by atoms with E-state index < -0.39 is 18.2 Å². The van der Waals surface area contributed by atoms with E-state index in [2.05, 4.69) is 11.8 Å². The van der Waals surface area contributed by atoms with Crippen molar-refractivity contribution in [3.05, 3.63) is 41.5 Å². The monoisotopic (exact) mass is 398 g/mol. The van der Waals surface area contributed by atoms with Gasteiger partial charge in [0.25, 0.3) is 0 Å². The topological polar surface area (TPSA) is 87.0 Å². The van der Waals surface area contributed by atoms with Crippen LogP contribution in [0.1, 0.15) is 56.6 Å². The number of aliphatic carboxylic acids is 1. The van der Waals surface area contributed by atoms with E-state index in [0.29, 0.717) is 25.7 Å². The van der Waals surface area contributed by atoms with E-state index >= 15 is 0 Å². The van der Waals surface area contributed by atoms with Gasteiger partial charge in [0.15, 0.2) is 0 Å². The van der Waals surface area contributed by atoms with Crippen LogP contribution in [0.2, 0.25) is 0 Å². The molecule has 0 saturated heterocycles. The Balaban J connectivity index is 1.75. The Hall–Kier alpha value is -2.29. The summed E-state index contributed by atoms with van der Waals surface area (Å²) in [5, 5.41) is 29.9. The zero-order chi connectivity index (χ0) is 21.0. The van der Waals surface area contributed by atoms with Gasteiger partial charge in [-0.15, -0.1) is 11.8 Å². The minimum absolute atomic E-state index is 0.0287. The number of hydrogen-bond donors (Lipinski definition) is 3. The molecular formula is C24H30O5. The van der Waals surface area contributed by atoms with E-state index in [1.165, 1.54) is 0 Å². The number of carboxylic acids is 1. The molecule has 0 amide bonds. The first-order valence-corrected chi connectivity index (χ1v) is 10.4. The van der Waals surface area contributed by atoms with Crippen molar-refractivity contribution < 1.29 is 24.9 Å². The van der Waals surface area contributed by atoms with Gasteiger partial charge in [-0.25, -0.2) is 0 Å². The van der Waals surface area contributed by atoms with Crippen LogP contribution in [0.4, 0.5) is 0 Å².